The number of aliphatic hydroxyl groups is 1. The molecule has 0 bridgehead atoms. The third kappa shape index (κ3) is 3.38. The number of ether oxygens (including phenoxy) is 1. The van der Waals surface area contributed by atoms with Gasteiger partial charge in [0, 0.05) is 0 Å². The Morgan fingerprint density at radius 2 is 1.86 bits per heavy atom. The molecule has 1 fully saturated rings. The number of hydrogen-bond donors (Lipinski definition) is 2. The molecule has 3 amide bonds. The standard InChI is InChI=1S/C23H26N2O4/c1-15-7-5-8-16(2)20(15)29-14-18(26)13-25-21(27)23(24-22(25)28)12-6-10-17-9-3-4-11-19(17)23/h3-5,7-9,11,18,26H,6,10,12-14H2,1-2H3,(H,24,28)/t18-,23-/m1/s1. The van der Waals surface area contributed by atoms with Crippen LogP contribution in [0.4, 0.5) is 4.79 Å². The van der Waals surface area contributed by atoms with Crippen molar-refractivity contribution in [3.8, 4) is 5.75 Å². The Labute approximate surface area is 170 Å². The van der Waals surface area contributed by atoms with Crippen LogP contribution in [0.3, 0.4) is 0 Å². The van der Waals surface area contributed by atoms with Gasteiger partial charge in [-0.15, -0.1) is 0 Å². The number of imide groups is 1. The van der Waals surface area contributed by atoms with Crippen LogP contribution in [0, 0.1) is 13.8 Å². The highest BCUT2D eigenvalue weighted by atomic mass is 16.5. The number of amides is 3. The van der Waals surface area contributed by atoms with Gasteiger partial charge < -0.3 is 15.2 Å². The highest BCUT2D eigenvalue weighted by Gasteiger charge is 2.54. The SMILES string of the molecule is Cc1cccc(C)c1OC[C@H](O)CN1C(=O)N[C@@]2(CCCc3ccccc32)C1=O. The fraction of sp³-hybridized carbons (Fsp3) is 0.391. The normalized spacial score (nSPS) is 21.8. The molecule has 2 aliphatic rings. The fourth-order valence-corrected chi connectivity index (χ4v) is 4.45. The number of urea groups is 1. The van der Waals surface area contributed by atoms with Crippen molar-refractivity contribution in [1.29, 1.82) is 0 Å². The predicted octanol–water partition coefficient (Wildman–Crippen LogP) is 2.83. The van der Waals surface area contributed by atoms with Crippen molar-refractivity contribution >= 4 is 11.9 Å². The number of benzene rings is 2. The van der Waals surface area contributed by atoms with Crippen LogP contribution in [0.15, 0.2) is 42.5 Å². The molecule has 2 N–H and O–H groups in total. The molecule has 0 aromatic heterocycles. The number of nitrogens with zero attached hydrogens (tertiary/aromatic N) is 1. The molecular weight excluding hydrogens is 368 g/mol. The average Bonchev–Trinajstić information content (AvgIpc) is 2.93. The van der Waals surface area contributed by atoms with Gasteiger partial charge >= 0.3 is 6.03 Å². The van der Waals surface area contributed by atoms with Gasteiger partial charge in [0.15, 0.2) is 0 Å². The van der Waals surface area contributed by atoms with Crippen LogP contribution in [-0.4, -0.2) is 41.2 Å². The molecule has 0 radical (unpaired) electrons. The fourth-order valence-electron chi connectivity index (χ4n) is 4.45. The number of para-hydroxylation sites is 1. The zero-order valence-corrected chi connectivity index (χ0v) is 16.8. The maximum atomic E-state index is 13.3. The molecule has 1 aliphatic heterocycles. The van der Waals surface area contributed by atoms with Gasteiger partial charge in [-0.25, -0.2) is 4.79 Å². The summed E-state index contributed by atoms with van der Waals surface area (Å²) >= 11 is 0. The molecule has 0 unspecified atom stereocenters. The maximum Gasteiger partial charge on any atom is 0.325 e. The molecule has 1 spiro atoms. The highest BCUT2D eigenvalue weighted by Crippen LogP contribution is 2.39. The lowest BCUT2D eigenvalue weighted by molar-refractivity contribution is -0.133. The summed E-state index contributed by atoms with van der Waals surface area (Å²) in [5.74, 6) is 0.433. The Hall–Kier alpha value is -2.86. The number of aryl methyl sites for hydroxylation is 3. The van der Waals surface area contributed by atoms with Crippen LogP contribution in [0.5, 0.6) is 5.75 Å². The summed E-state index contributed by atoms with van der Waals surface area (Å²) in [7, 11) is 0. The first kappa shape index (κ1) is 19.5. The molecule has 29 heavy (non-hydrogen) atoms. The highest BCUT2D eigenvalue weighted by molar-refractivity contribution is 6.07. The minimum absolute atomic E-state index is 0.00629. The summed E-state index contributed by atoms with van der Waals surface area (Å²) < 4.78 is 5.78. The van der Waals surface area contributed by atoms with Gasteiger partial charge in [-0.2, -0.15) is 0 Å². The van der Waals surface area contributed by atoms with Gasteiger partial charge in [-0.3, -0.25) is 9.69 Å². The van der Waals surface area contributed by atoms with E-state index in [1.165, 1.54) is 0 Å². The summed E-state index contributed by atoms with van der Waals surface area (Å²) in [6, 6.07) is 13.1. The van der Waals surface area contributed by atoms with E-state index in [0.29, 0.717) is 6.42 Å². The number of fused-ring (bicyclic) bond motifs is 2. The van der Waals surface area contributed by atoms with Crippen LogP contribution in [-0.2, 0) is 16.8 Å². The zero-order valence-electron chi connectivity index (χ0n) is 16.8. The molecule has 1 saturated heterocycles. The third-order valence-corrected chi connectivity index (χ3v) is 5.87. The largest absolute Gasteiger partial charge is 0.490 e. The van der Waals surface area contributed by atoms with E-state index in [1.54, 1.807) is 0 Å². The predicted molar refractivity (Wildman–Crippen MR) is 109 cm³/mol. The maximum absolute atomic E-state index is 13.3. The lowest BCUT2D eigenvalue weighted by Gasteiger charge is -2.33. The van der Waals surface area contributed by atoms with Crippen molar-refractivity contribution in [2.24, 2.45) is 0 Å². The Bertz CT molecular complexity index is 937. The second-order valence-corrected chi connectivity index (χ2v) is 7.95. The second-order valence-electron chi connectivity index (χ2n) is 7.95. The van der Waals surface area contributed by atoms with Crippen molar-refractivity contribution in [3.05, 3.63) is 64.7 Å². The number of hydrogen-bond acceptors (Lipinski definition) is 4. The van der Waals surface area contributed by atoms with Gasteiger partial charge in [0.25, 0.3) is 5.91 Å². The van der Waals surface area contributed by atoms with Crippen LogP contribution >= 0.6 is 0 Å². The first-order valence-electron chi connectivity index (χ1n) is 10.0. The van der Waals surface area contributed by atoms with Gasteiger partial charge in [0.1, 0.15) is 24.0 Å². The molecule has 1 heterocycles. The van der Waals surface area contributed by atoms with E-state index in [0.717, 1.165) is 45.7 Å². The van der Waals surface area contributed by atoms with Gasteiger partial charge in [0.05, 0.1) is 6.54 Å². The van der Waals surface area contributed by atoms with Crippen molar-refractivity contribution in [3.63, 3.8) is 0 Å². The molecule has 6 heteroatoms. The Morgan fingerprint density at radius 3 is 2.62 bits per heavy atom. The quantitative estimate of drug-likeness (QED) is 0.765. The number of nitrogens with one attached hydrogen (secondary N) is 1. The zero-order chi connectivity index (χ0) is 20.6. The number of carbonyl (C=O) groups excluding carboxylic acids is 2. The van der Waals surface area contributed by atoms with E-state index >= 15 is 0 Å². The van der Waals surface area contributed by atoms with Crippen molar-refractivity contribution in [1.82, 2.24) is 10.2 Å². The number of rotatable bonds is 5. The van der Waals surface area contributed by atoms with Crippen LogP contribution < -0.4 is 10.1 Å². The van der Waals surface area contributed by atoms with Gasteiger partial charge in [0.2, 0.25) is 0 Å². The molecule has 1 aliphatic carbocycles. The molecule has 2 atom stereocenters. The Morgan fingerprint density at radius 1 is 1.14 bits per heavy atom. The first-order chi connectivity index (χ1) is 13.9. The Kier molecular flexibility index (Phi) is 5.04. The Balaban J connectivity index is 1.48. The number of carbonyl (C=O) groups is 2. The van der Waals surface area contributed by atoms with Crippen molar-refractivity contribution in [2.45, 2.75) is 44.8 Å². The molecular formula is C23H26N2O4. The molecule has 2 aromatic carbocycles. The van der Waals surface area contributed by atoms with Crippen molar-refractivity contribution < 1.29 is 19.4 Å². The van der Waals surface area contributed by atoms with E-state index in [2.05, 4.69) is 5.32 Å². The summed E-state index contributed by atoms with van der Waals surface area (Å²) in [5.41, 5.74) is 2.90. The molecule has 2 aromatic rings. The van der Waals surface area contributed by atoms with E-state index in [1.807, 2.05) is 56.3 Å². The number of β-amino-alcohol motifs (C(OH)–C–C–N with tert-alkyl or cyclic N) is 1. The average molecular weight is 394 g/mol. The topological polar surface area (TPSA) is 78.9 Å². The second kappa shape index (κ2) is 7.52. The van der Waals surface area contributed by atoms with Gasteiger partial charge in [-0.05, 0) is 55.4 Å². The van der Waals surface area contributed by atoms with Crippen LogP contribution in [0.2, 0.25) is 0 Å². The van der Waals surface area contributed by atoms with Crippen molar-refractivity contribution in [2.75, 3.05) is 13.2 Å². The molecule has 152 valence electrons. The molecule has 6 nitrogen and oxygen atoms in total. The lowest BCUT2D eigenvalue weighted by Crippen LogP contribution is -2.47. The monoisotopic (exact) mass is 394 g/mol. The van der Waals surface area contributed by atoms with Crippen LogP contribution in [0.1, 0.15) is 35.1 Å². The molecule has 4 rings (SSSR count). The van der Waals surface area contributed by atoms with E-state index in [-0.39, 0.29) is 19.1 Å². The van der Waals surface area contributed by atoms with E-state index in [4.69, 9.17) is 4.74 Å². The van der Waals surface area contributed by atoms with Crippen LogP contribution in [0.25, 0.3) is 0 Å². The minimum atomic E-state index is -1.01. The minimum Gasteiger partial charge on any atom is -0.490 e. The number of aliphatic hydroxyl groups excluding tert-OH is 1. The summed E-state index contributed by atoms with van der Waals surface area (Å²) in [6.45, 7) is 3.79. The third-order valence-electron chi connectivity index (χ3n) is 5.87. The molecule has 0 saturated carbocycles. The first-order valence-corrected chi connectivity index (χ1v) is 10.0. The summed E-state index contributed by atoms with van der Waals surface area (Å²) in [5, 5.41) is 13.4. The summed E-state index contributed by atoms with van der Waals surface area (Å²) in [4.78, 5) is 27.0. The summed E-state index contributed by atoms with van der Waals surface area (Å²) in [6.07, 6.45) is 1.32. The smallest absolute Gasteiger partial charge is 0.325 e. The lowest BCUT2D eigenvalue weighted by atomic mass is 9.76. The van der Waals surface area contributed by atoms with E-state index < -0.39 is 17.7 Å². The van der Waals surface area contributed by atoms with Gasteiger partial charge in [-0.1, -0.05) is 42.5 Å². The van der Waals surface area contributed by atoms with E-state index in [9.17, 15) is 14.7 Å².